The molecule has 8 nitrogen and oxygen atoms in total. The number of benzene rings is 2. The zero-order valence-electron chi connectivity index (χ0n) is 18.9. The largest absolute Gasteiger partial charge is 0.494 e. The third-order valence-corrected chi connectivity index (χ3v) is 7.26. The molecule has 2 aromatic carbocycles. The molecule has 0 atom stereocenters. The number of rotatable bonds is 10. The number of nitrogens with zero attached hydrogens (tertiary/aromatic N) is 1. The Morgan fingerprint density at radius 1 is 1.03 bits per heavy atom. The molecule has 2 aromatic rings. The van der Waals surface area contributed by atoms with E-state index in [-0.39, 0.29) is 17.3 Å². The molecule has 0 bridgehead atoms. The molecule has 1 heterocycles. The van der Waals surface area contributed by atoms with Gasteiger partial charge in [-0.1, -0.05) is 25.8 Å². The number of carbonyl (C=O) groups is 2. The van der Waals surface area contributed by atoms with Crippen molar-refractivity contribution in [1.82, 2.24) is 9.62 Å². The first-order valence-electron chi connectivity index (χ1n) is 11.3. The van der Waals surface area contributed by atoms with Crippen LogP contribution in [-0.2, 0) is 14.8 Å². The lowest BCUT2D eigenvalue weighted by Crippen LogP contribution is -2.35. The van der Waals surface area contributed by atoms with Gasteiger partial charge >= 0.3 is 0 Å². The zero-order valence-corrected chi connectivity index (χ0v) is 19.7. The summed E-state index contributed by atoms with van der Waals surface area (Å²) in [4.78, 5) is 24.8. The highest BCUT2D eigenvalue weighted by Crippen LogP contribution is 2.22. The maximum Gasteiger partial charge on any atom is 0.251 e. The van der Waals surface area contributed by atoms with E-state index in [0.29, 0.717) is 36.7 Å². The van der Waals surface area contributed by atoms with Crippen LogP contribution in [0.1, 0.15) is 49.4 Å². The van der Waals surface area contributed by atoms with Crippen molar-refractivity contribution in [2.24, 2.45) is 0 Å². The molecule has 1 aliphatic heterocycles. The molecule has 2 amide bonds. The van der Waals surface area contributed by atoms with Gasteiger partial charge in [-0.3, -0.25) is 9.59 Å². The van der Waals surface area contributed by atoms with Gasteiger partial charge < -0.3 is 15.4 Å². The van der Waals surface area contributed by atoms with Crippen LogP contribution in [0.4, 0.5) is 5.69 Å². The third kappa shape index (κ3) is 7.03. The second-order valence-electron chi connectivity index (χ2n) is 7.95. The van der Waals surface area contributed by atoms with Gasteiger partial charge in [0, 0.05) is 24.3 Å². The van der Waals surface area contributed by atoms with Gasteiger partial charge in [-0.15, -0.1) is 0 Å². The Labute approximate surface area is 195 Å². The van der Waals surface area contributed by atoms with Crippen LogP contribution >= 0.6 is 0 Å². The fraction of sp³-hybridized carbons (Fsp3) is 0.417. The van der Waals surface area contributed by atoms with Crippen molar-refractivity contribution in [2.45, 2.75) is 43.9 Å². The van der Waals surface area contributed by atoms with Gasteiger partial charge in [0.2, 0.25) is 15.9 Å². The summed E-state index contributed by atoms with van der Waals surface area (Å²) in [6, 6.07) is 12.9. The minimum Gasteiger partial charge on any atom is -0.494 e. The summed E-state index contributed by atoms with van der Waals surface area (Å²) in [7, 11) is -3.59. The van der Waals surface area contributed by atoms with Crippen LogP contribution in [0.3, 0.4) is 0 Å². The van der Waals surface area contributed by atoms with Crippen molar-refractivity contribution in [2.75, 3.05) is 31.6 Å². The summed E-state index contributed by atoms with van der Waals surface area (Å²) in [5, 5.41) is 5.21. The first-order valence-corrected chi connectivity index (χ1v) is 12.8. The summed E-state index contributed by atoms with van der Waals surface area (Å²) in [5.41, 5.74) is 0.779. The highest BCUT2D eigenvalue weighted by Gasteiger charge is 2.26. The summed E-state index contributed by atoms with van der Waals surface area (Å²) >= 11 is 0. The van der Waals surface area contributed by atoms with Crippen molar-refractivity contribution < 1.29 is 22.7 Å². The van der Waals surface area contributed by atoms with Gasteiger partial charge in [0.25, 0.3) is 5.91 Å². The van der Waals surface area contributed by atoms with E-state index in [4.69, 9.17) is 4.74 Å². The Balaban J connectivity index is 1.52. The Morgan fingerprint density at radius 3 is 2.45 bits per heavy atom. The first-order chi connectivity index (χ1) is 15.9. The minimum absolute atomic E-state index is 0.146. The lowest BCUT2D eigenvalue weighted by Gasteiger charge is -2.26. The Kier molecular flexibility index (Phi) is 8.85. The SMILES string of the molecule is CCCCOc1ccc(C(=O)NCC(=O)Nc2cccc(S(=O)(=O)N3CCCCC3)c2)cc1. The number of hydrogen-bond acceptors (Lipinski definition) is 5. The zero-order chi connectivity index (χ0) is 23.7. The predicted molar refractivity (Wildman–Crippen MR) is 127 cm³/mol. The molecule has 0 radical (unpaired) electrons. The summed E-state index contributed by atoms with van der Waals surface area (Å²) in [5.74, 6) is -0.140. The fourth-order valence-electron chi connectivity index (χ4n) is 3.49. The molecule has 1 fully saturated rings. The molecule has 0 saturated carbocycles. The number of carbonyl (C=O) groups excluding carboxylic acids is 2. The number of ether oxygens (including phenoxy) is 1. The van der Waals surface area contributed by atoms with E-state index in [1.165, 1.54) is 16.4 Å². The Morgan fingerprint density at radius 2 is 1.76 bits per heavy atom. The number of piperidine rings is 1. The molecular weight excluding hydrogens is 442 g/mol. The van der Waals surface area contributed by atoms with Gasteiger partial charge in [-0.2, -0.15) is 4.31 Å². The van der Waals surface area contributed by atoms with Crippen molar-refractivity contribution in [1.29, 1.82) is 0 Å². The standard InChI is InChI=1S/C24H31N3O5S/c1-2-3-16-32-21-12-10-19(11-13-21)24(29)25-18-23(28)26-20-8-7-9-22(17-20)33(30,31)27-14-5-4-6-15-27/h7-13,17H,2-6,14-16,18H2,1H3,(H,25,29)(H,26,28). The van der Waals surface area contributed by atoms with Crippen molar-refractivity contribution >= 4 is 27.5 Å². The molecule has 0 spiro atoms. The smallest absolute Gasteiger partial charge is 0.251 e. The van der Waals surface area contributed by atoms with E-state index in [1.807, 2.05) is 0 Å². The monoisotopic (exact) mass is 473 g/mol. The van der Waals surface area contributed by atoms with Gasteiger partial charge in [0.15, 0.2) is 0 Å². The maximum atomic E-state index is 12.8. The molecule has 1 aliphatic rings. The summed E-state index contributed by atoms with van der Waals surface area (Å²) < 4.78 is 32.7. The van der Waals surface area contributed by atoms with E-state index in [2.05, 4.69) is 17.6 Å². The molecule has 2 N–H and O–H groups in total. The van der Waals surface area contributed by atoms with E-state index in [9.17, 15) is 18.0 Å². The van der Waals surface area contributed by atoms with E-state index >= 15 is 0 Å². The molecule has 0 aromatic heterocycles. The molecule has 9 heteroatoms. The quantitative estimate of drug-likeness (QED) is 0.515. The third-order valence-electron chi connectivity index (χ3n) is 5.36. The summed E-state index contributed by atoms with van der Waals surface area (Å²) in [6.07, 6.45) is 4.74. The number of sulfonamides is 1. The molecule has 1 saturated heterocycles. The lowest BCUT2D eigenvalue weighted by molar-refractivity contribution is -0.115. The average Bonchev–Trinajstić information content (AvgIpc) is 2.84. The molecular formula is C24H31N3O5S. The molecule has 0 aliphatic carbocycles. The van der Waals surface area contributed by atoms with E-state index < -0.39 is 15.9 Å². The predicted octanol–water partition coefficient (Wildman–Crippen LogP) is 3.41. The highest BCUT2D eigenvalue weighted by molar-refractivity contribution is 7.89. The topological polar surface area (TPSA) is 105 Å². The number of amides is 2. The van der Waals surface area contributed by atoms with Crippen molar-refractivity contribution in [3.8, 4) is 5.75 Å². The molecule has 33 heavy (non-hydrogen) atoms. The number of unbranched alkanes of at least 4 members (excludes halogenated alkanes) is 1. The van der Waals surface area contributed by atoms with Crippen LogP contribution in [0.2, 0.25) is 0 Å². The Bertz CT molecular complexity index is 1050. The normalized spacial score (nSPS) is 14.5. The fourth-order valence-corrected chi connectivity index (χ4v) is 5.06. The maximum absolute atomic E-state index is 12.8. The van der Waals surface area contributed by atoms with Crippen molar-refractivity contribution in [3.05, 3.63) is 54.1 Å². The molecule has 0 unspecified atom stereocenters. The van der Waals surface area contributed by atoms with Crippen LogP contribution in [0, 0.1) is 0 Å². The van der Waals surface area contributed by atoms with Crippen LogP contribution in [-0.4, -0.2) is 50.8 Å². The highest BCUT2D eigenvalue weighted by atomic mass is 32.2. The van der Waals surface area contributed by atoms with E-state index in [1.54, 1.807) is 36.4 Å². The van der Waals surface area contributed by atoms with Crippen LogP contribution in [0.15, 0.2) is 53.4 Å². The molecule has 178 valence electrons. The first kappa shape index (κ1) is 24.7. The van der Waals surface area contributed by atoms with Gasteiger partial charge in [-0.25, -0.2) is 8.42 Å². The lowest BCUT2D eigenvalue weighted by atomic mass is 10.2. The molecule has 3 rings (SSSR count). The van der Waals surface area contributed by atoms with Crippen molar-refractivity contribution in [3.63, 3.8) is 0 Å². The average molecular weight is 474 g/mol. The Hall–Kier alpha value is -2.91. The van der Waals surface area contributed by atoms with E-state index in [0.717, 1.165) is 32.1 Å². The van der Waals surface area contributed by atoms with Crippen LogP contribution in [0.25, 0.3) is 0 Å². The van der Waals surface area contributed by atoms with Crippen LogP contribution in [0.5, 0.6) is 5.75 Å². The second-order valence-corrected chi connectivity index (χ2v) is 9.89. The number of anilines is 1. The minimum atomic E-state index is -3.59. The van der Waals surface area contributed by atoms with Gasteiger partial charge in [0.05, 0.1) is 18.0 Å². The second kappa shape index (κ2) is 11.8. The number of nitrogens with one attached hydrogen (secondary N) is 2. The van der Waals surface area contributed by atoms with Gasteiger partial charge in [-0.05, 0) is 61.7 Å². The summed E-state index contributed by atoms with van der Waals surface area (Å²) in [6.45, 7) is 3.49. The van der Waals surface area contributed by atoms with Crippen LogP contribution < -0.4 is 15.4 Å². The van der Waals surface area contributed by atoms with Gasteiger partial charge in [0.1, 0.15) is 5.75 Å². The number of hydrogen-bond donors (Lipinski definition) is 2.